The highest BCUT2D eigenvalue weighted by Gasteiger charge is 2.30. The molecular weight excluding hydrogens is 253 g/mol. The van der Waals surface area contributed by atoms with Crippen LogP contribution in [0.2, 0.25) is 0 Å². The standard InChI is InChI=1S/C14H15F3N2/c1-13(2,3)12-8-19(9-18-12)11-6-4-10(5-7-11)14(15,16)17/h4-9H,1-3H3. The Morgan fingerprint density at radius 3 is 2.00 bits per heavy atom. The Hall–Kier alpha value is -1.78. The molecule has 0 radical (unpaired) electrons. The molecule has 0 amide bonds. The fourth-order valence-electron chi connectivity index (χ4n) is 1.67. The summed E-state index contributed by atoms with van der Waals surface area (Å²) in [6, 6.07) is 5.03. The largest absolute Gasteiger partial charge is 0.416 e. The van der Waals surface area contributed by atoms with Gasteiger partial charge in [-0.1, -0.05) is 20.8 Å². The predicted octanol–water partition coefficient (Wildman–Crippen LogP) is 4.19. The number of aromatic nitrogens is 2. The van der Waals surface area contributed by atoms with Crippen molar-refractivity contribution >= 4 is 0 Å². The zero-order valence-corrected chi connectivity index (χ0v) is 11.0. The molecule has 0 N–H and O–H groups in total. The molecule has 0 aliphatic heterocycles. The fraction of sp³-hybridized carbons (Fsp3) is 0.357. The Kier molecular flexibility index (Phi) is 3.16. The van der Waals surface area contributed by atoms with Crippen molar-refractivity contribution in [1.29, 1.82) is 0 Å². The molecule has 0 fully saturated rings. The topological polar surface area (TPSA) is 17.8 Å². The van der Waals surface area contributed by atoms with Gasteiger partial charge in [-0.25, -0.2) is 4.98 Å². The summed E-state index contributed by atoms with van der Waals surface area (Å²) in [6.45, 7) is 6.10. The summed E-state index contributed by atoms with van der Waals surface area (Å²) in [4.78, 5) is 4.28. The van der Waals surface area contributed by atoms with Crippen LogP contribution < -0.4 is 0 Å². The Bertz CT molecular complexity index is 560. The molecule has 0 saturated heterocycles. The average Bonchev–Trinajstić information content (AvgIpc) is 2.77. The first kappa shape index (κ1) is 13.6. The molecule has 1 aromatic heterocycles. The SMILES string of the molecule is CC(C)(C)c1cn(-c2ccc(C(F)(F)F)cc2)cn1. The van der Waals surface area contributed by atoms with Gasteiger partial charge in [0.15, 0.2) is 0 Å². The number of halogens is 3. The first-order valence-electron chi connectivity index (χ1n) is 5.90. The maximum Gasteiger partial charge on any atom is 0.416 e. The molecule has 2 aromatic rings. The summed E-state index contributed by atoms with van der Waals surface area (Å²) in [5.41, 5.74) is 0.827. The maximum atomic E-state index is 12.5. The molecule has 19 heavy (non-hydrogen) atoms. The summed E-state index contributed by atoms with van der Waals surface area (Å²) < 4.78 is 39.1. The first-order chi connectivity index (χ1) is 8.68. The maximum absolute atomic E-state index is 12.5. The van der Waals surface area contributed by atoms with Gasteiger partial charge in [0.25, 0.3) is 0 Å². The Morgan fingerprint density at radius 2 is 1.58 bits per heavy atom. The van der Waals surface area contributed by atoms with E-state index in [0.717, 1.165) is 17.8 Å². The Labute approximate surface area is 109 Å². The smallest absolute Gasteiger partial charge is 0.306 e. The third kappa shape index (κ3) is 2.97. The lowest BCUT2D eigenvalue weighted by Crippen LogP contribution is -2.11. The minimum Gasteiger partial charge on any atom is -0.306 e. The quantitative estimate of drug-likeness (QED) is 0.758. The highest BCUT2D eigenvalue weighted by atomic mass is 19.4. The van der Waals surface area contributed by atoms with E-state index in [2.05, 4.69) is 4.98 Å². The molecule has 0 spiro atoms. The Morgan fingerprint density at radius 1 is 1.00 bits per heavy atom. The average molecular weight is 268 g/mol. The molecule has 1 heterocycles. The van der Waals surface area contributed by atoms with Crippen LogP contribution in [0.25, 0.3) is 5.69 Å². The number of nitrogens with zero attached hydrogens (tertiary/aromatic N) is 2. The van der Waals surface area contributed by atoms with E-state index in [1.165, 1.54) is 12.1 Å². The van der Waals surface area contributed by atoms with Gasteiger partial charge in [-0.2, -0.15) is 13.2 Å². The van der Waals surface area contributed by atoms with Crippen LogP contribution in [0.5, 0.6) is 0 Å². The number of alkyl halides is 3. The molecule has 0 atom stereocenters. The number of hydrogen-bond donors (Lipinski definition) is 0. The first-order valence-corrected chi connectivity index (χ1v) is 5.90. The van der Waals surface area contributed by atoms with Crippen molar-refractivity contribution in [2.24, 2.45) is 0 Å². The zero-order chi connectivity index (χ0) is 14.3. The van der Waals surface area contributed by atoms with Crippen LogP contribution in [0.4, 0.5) is 13.2 Å². The summed E-state index contributed by atoms with van der Waals surface area (Å²) in [6.07, 6.45) is -0.851. The molecule has 102 valence electrons. The molecule has 0 saturated carbocycles. The van der Waals surface area contributed by atoms with Crippen LogP contribution in [-0.4, -0.2) is 9.55 Å². The summed E-state index contributed by atoms with van der Waals surface area (Å²) in [7, 11) is 0. The highest BCUT2D eigenvalue weighted by molar-refractivity contribution is 5.36. The zero-order valence-electron chi connectivity index (χ0n) is 11.0. The van der Waals surface area contributed by atoms with E-state index in [4.69, 9.17) is 0 Å². The van der Waals surface area contributed by atoms with Gasteiger partial charge in [0.05, 0.1) is 17.6 Å². The lowest BCUT2D eigenvalue weighted by Gasteiger charge is -2.14. The van der Waals surface area contributed by atoms with Crippen molar-refractivity contribution in [3.63, 3.8) is 0 Å². The van der Waals surface area contributed by atoms with E-state index in [9.17, 15) is 13.2 Å². The van der Waals surface area contributed by atoms with Crippen LogP contribution in [0, 0.1) is 0 Å². The van der Waals surface area contributed by atoms with E-state index in [1.54, 1.807) is 10.9 Å². The van der Waals surface area contributed by atoms with Gasteiger partial charge in [0, 0.05) is 17.3 Å². The number of benzene rings is 1. The minimum absolute atomic E-state index is 0.0862. The highest BCUT2D eigenvalue weighted by Crippen LogP contribution is 2.29. The van der Waals surface area contributed by atoms with Crippen LogP contribution in [0.3, 0.4) is 0 Å². The van der Waals surface area contributed by atoms with Gasteiger partial charge < -0.3 is 4.57 Å². The van der Waals surface area contributed by atoms with Gasteiger partial charge in [-0.15, -0.1) is 0 Å². The number of hydrogen-bond acceptors (Lipinski definition) is 1. The number of rotatable bonds is 1. The third-order valence-corrected chi connectivity index (χ3v) is 2.84. The molecule has 2 nitrogen and oxygen atoms in total. The number of imidazole rings is 1. The second-order valence-electron chi connectivity index (χ2n) is 5.46. The Balaban J connectivity index is 2.31. The lowest BCUT2D eigenvalue weighted by atomic mass is 9.93. The molecule has 5 heteroatoms. The van der Waals surface area contributed by atoms with Gasteiger partial charge in [-0.3, -0.25) is 0 Å². The van der Waals surface area contributed by atoms with Crippen LogP contribution in [-0.2, 0) is 11.6 Å². The van der Waals surface area contributed by atoms with Gasteiger partial charge in [0.2, 0.25) is 0 Å². The van der Waals surface area contributed by atoms with Gasteiger partial charge >= 0.3 is 6.18 Å². The second kappa shape index (κ2) is 4.40. The van der Waals surface area contributed by atoms with Crippen molar-refractivity contribution in [2.45, 2.75) is 32.4 Å². The summed E-state index contributed by atoms with van der Waals surface area (Å²) >= 11 is 0. The van der Waals surface area contributed by atoms with Crippen molar-refractivity contribution in [3.05, 3.63) is 48.0 Å². The van der Waals surface area contributed by atoms with Gasteiger partial charge in [-0.05, 0) is 24.3 Å². The van der Waals surface area contributed by atoms with Crippen LogP contribution in [0.1, 0.15) is 32.0 Å². The predicted molar refractivity (Wildman–Crippen MR) is 67.3 cm³/mol. The summed E-state index contributed by atoms with van der Waals surface area (Å²) in [5.74, 6) is 0. The second-order valence-corrected chi connectivity index (χ2v) is 5.46. The van der Waals surface area contributed by atoms with Crippen LogP contribution in [0.15, 0.2) is 36.8 Å². The van der Waals surface area contributed by atoms with Crippen LogP contribution >= 0.6 is 0 Å². The normalized spacial score (nSPS) is 12.7. The van der Waals surface area contributed by atoms with E-state index in [1.807, 2.05) is 27.0 Å². The van der Waals surface area contributed by atoms with E-state index < -0.39 is 11.7 Å². The molecule has 0 bridgehead atoms. The fourth-order valence-corrected chi connectivity index (χ4v) is 1.67. The molecule has 0 unspecified atom stereocenters. The molecule has 0 aliphatic carbocycles. The molecule has 1 aromatic carbocycles. The van der Waals surface area contributed by atoms with Gasteiger partial charge in [0.1, 0.15) is 0 Å². The third-order valence-electron chi connectivity index (χ3n) is 2.84. The van der Waals surface area contributed by atoms with Crippen molar-refractivity contribution in [1.82, 2.24) is 9.55 Å². The molecular formula is C14H15F3N2. The van der Waals surface area contributed by atoms with Crippen molar-refractivity contribution < 1.29 is 13.2 Å². The van der Waals surface area contributed by atoms with E-state index in [0.29, 0.717) is 5.69 Å². The molecule has 0 aliphatic rings. The monoisotopic (exact) mass is 268 g/mol. The lowest BCUT2D eigenvalue weighted by molar-refractivity contribution is -0.137. The van der Waals surface area contributed by atoms with E-state index in [-0.39, 0.29) is 5.41 Å². The van der Waals surface area contributed by atoms with E-state index >= 15 is 0 Å². The summed E-state index contributed by atoms with van der Waals surface area (Å²) in [5, 5.41) is 0. The minimum atomic E-state index is -4.30. The molecule has 2 rings (SSSR count). The van der Waals surface area contributed by atoms with Crippen molar-refractivity contribution in [3.8, 4) is 5.69 Å². The van der Waals surface area contributed by atoms with Crippen molar-refractivity contribution in [2.75, 3.05) is 0 Å².